The van der Waals surface area contributed by atoms with Gasteiger partial charge in [-0.25, -0.2) is 10.4 Å². The van der Waals surface area contributed by atoms with E-state index in [1.807, 2.05) is 42.3 Å². The third-order valence-electron chi connectivity index (χ3n) is 7.55. The minimum atomic E-state index is -1.56. The van der Waals surface area contributed by atoms with Crippen molar-refractivity contribution in [3.05, 3.63) is 85.8 Å². The van der Waals surface area contributed by atoms with Crippen LogP contribution in [0.4, 0.5) is 5.69 Å². The summed E-state index contributed by atoms with van der Waals surface area (Å²) in [7, 11) is 1.71. The molecule has 216 valence electrons. The minimum absolute atomic E-state index is 0.100. The number of fused-ring (bicyclic) bond motifs is 1. The van der Waals surface area contributed by atoms with Gasteiger partial charge in [0.05, 0.1) is 11.7 Å². The van der Waals surface area contributed by atoms with E-state index < -0.39 is 6.29 Å². The highest BCUT2D eigenvalue weighted by molar-refractivity contribution is 6.31. The van der Waals surface area contributed by atoms with E-state index >= 15 is 0 Å². The number of imidazole rings is 1. The molecular formula is C30H34Cl2N6O3. The first kappa shape index (κ1) is 29.3. The van der Waals surface area contributed by atoms with Crippen LogP contribution in [-0.4, -0.2) is 51.0 Å². The number of aliphatic imine (C=N–C) groups is 1. The number of nitrogens with zero attached hydrogens (tertiary/aromatic N) is 4. The van der Waals surface area contributed by atoms with Gasteiger partial charge in [-0.3, -0.25) is 14.8 Å². The molecule has 3 heterocycles. The molecule has 41 heavy (non-hydrogen) atoms. The fourth-order valence-corrected chi connectivity index (χ4v) is 5.94. The summed E-state index contributed by atoms with van der Waals surface area (Å²) in [6.07, 6.45) is 6.65. The van der Waals surface area contributed by atoms with Crippen molar-refractivity contribution in [3.63, 3.8) is 0 Å². The first-order chi connectivity index (χ1) is 19.7. The highest BCUT2D eigenvalue weighted by Gasteiger charge is 2.30. The van der Waals surface area contributed by atoms with Crippen molar-refractivity contribution >= 4 is 40.8 Å². The summed E-state index contributed by atoms with van der Waals surface area (Å²) in [6.45, 7) is 4.88. The molecule has 0 amide bonds. The van der Waals surface area contributed by atoms with E-state index in [9.17, 15) is 15.0 Å². The summed E-state index contributed by atoms with van der Waals surface area (Å²) in [6, 6.07) is 8.97. The molecule has 2 aromatic heterocycles. The number of halogens is 2. The van der Waals surface area contributed by atoms with Gasteiger partial charge < -0.3 is 19.8 Å². The van der Waals surface area contributed by atoms with Gasteiger partial charge >= 0.3 is 0 Å². The number of H-pyrrole nitrogens is 1. The van der Waals surface area contributed by atoms with Crippen molar-refractivity contribution in [2.45, 2.75) is 51.9 Å². The molecule has 0 spiro atoms. The molecule has 9 nitrogen and oxygen atoms in total. The summed E-state index contributed by atoms with van der Waals surface area (Å²) in [4.78, 5) is 25.8. The van der Waals surface area contributed by atoms with Crippen LogP contribution in [0.1, 0.15) is 56.4 Å². The molecule has 0 radical (unpaired) electrons. The van der Waals surface area contributed by atoms with Gasteiger partial charge in [0.25, 0.3) is 5.56 Å². The van der Waals surface area contributed by atoms with Crippen LogP contribution in [0.3, 0.4) is 0 Å². The number of aromatic nitrogens is 3. The third-order valence-corrected chi connectivity index (χ3v) is 8.06. The predicted octanol–water partition coefficient (Wildman–Crippen LogP) is 5.12. The Bertz CT molecular complexity index is 1590. The average molecular weight is 598 g/mol. The zero-order valence-electron chi connectivity index (χ0n) is 23.2. The number of hydrogen-bond donors (Lipinski definition) is 4. The predicted molar refractivity (Wildman–Crippen MR) is 164 cm³/mol. The molecule has 0 saturated heterocycles. The van der Waals surface area contributed by atoms with E-state index in [2.05, 4.69) is 22.3 Å². The van der Waals surface area contributed by atoms with Crippen LogP contribution < -0.4 is 16.0 Å². The number of benzene rings is 1. The number of pyridine rings is 1. The van der Waals surface area contributed by atoms with Crippen molar-refractivity contribution in [2.24, 2.45) is 10.9 Å². The number of hydrazine groups is 1. The quantitative estimate of drug-likeness (QED) is 0.118. The van der Waals surface area contributed by atoms with Gasteiger partial charge in [0, 0.05) is 41.5 Å². The maximum atomic E-state index is 13.6. The number of aliphatic hydroxyl groups is 2. The van der Waals surface area contributed by atoms with Crippen LogP contribution in [0, 0.1) is 5.92 Å². The first-order valence-corrected chi connectivity index (χ1v) is 14.5. The molecule has 2 aliphatic rings. The molecule has 1 aliphatic carbocycles. The lowest BCUT2D eigenvalue weighted by Crippen LogP contribution is -2.37. The van der Waals surface area contributed by atoms with Gasteiger partial charge in [0.2, 0.25) is 0 Å². The Morgan fingerprint density at radius 2 is 2.10 bits per heavy atom. The number of anilines is 1. The SMILES string of the molecule is CCCNN(C=NC)c1ccc(Cl)cc1-c1cc2n(c(=O)c1)C(c1nc(C3=CC(C(O)O)=CCC3C)c(Cl)[nH]1)CC2. The highest BCUT2D eigenvalue weighted by atomic mass is 35.5. The second-order valence-electron chi connectivity index (χ2n) is 10.4. The van der Waals surface area contributed by atoms with Gasteiger partial charge in [-0.2, -0.15) is 0 Å². The molecule has 4 N–H and O–H groups in total. The van der Waals surface area contributed by atoms with E-state index in [0.717, 1.165) is 41.0 Å². The summed E-state index contributed by atoms with van der Waals surface area (Å²) in [5, 5.41) is 22.1. The number of rotatable bonds is 9. The summed E-state index contributed by atoms with van der Waals surface area (Å²) in [5.74, 6) is 0.702. The molecule has 1 aliphatic heterocycles. The Kier molecular flexibility index (Phi) is 8.82. The van der Waals surface area contributed by atoms with Gasteiger partial charge in [-0.1, -0.05) is 43.1 Å². The number of allylic oxidation sites excluding steroid dienone is 2. The number of aromatic amines is 1. The number of nitrogens with one attached hydrogen (secondary N) is 2. The van der Waals surface area contributed by atoms with Crippen LogP contribution in [0.5, 0.6) is 0 Å². The maximum absolute atomic E-state index is 13.6. The van der Waals surface area contributed by atoms with Crippen LogP contribution in [0.25, 0.3) is 16.7 Å². The fraction of sp³-hybridized carbons (Fsp3) is 0.367. The van der Waals surface area contributed by atoms with E-state index in [1.165, 1.54) is 0 Å². The van der Waals surface area contributed by atoms with Gasteiger partial charge in [0.1, 0.15) is 23.0 Å². The average Bonchev–Trinajstić information content (AvgIpc) is 3.55. The zero-order chi connectivity index (χ0) is 29.3. The Morgan fingerprint density at radius 1 is 1.29 bits per heavy atom. The first-order valence-electron chi connectivity index (χ1n) is 13.8. The molecule has 0 saturated carbocycles. The summed E-state index contributed by atoms with van der Waals surface area (Å²) in [5.41, 5.74) is 8.36. The normalized spacial score (nSPS) is 18.6. The van der Waals surface area contributed by atoms with Crippen LogP contribution in [-0.2, 0) is 6.42 Å². The molecular weight excluding hydrogens is 563 g/mol. The van der Waals surface area contributed by atoms with Crippen LogP contribution in [0.2, 0.25) is 10.2 Å². The Morgan fingerprint density at radius 3 is 2.83 bits per heavy atom. The van der Waals surface area contributed by atoms with Crippen molar-refractivity contribution in [2.75, 3.05) is 18.6 Å². The smallest absolute Gasteiger partial charge is 0.252 e. The second kappa shape index (κ2) is 12.3. The molecule has 1 aromatic carbocycles. The lowest BCUT2D eigenvalue weighted by atomic mass is 9.88. The van der Waals surface area contributed by atoms with Crippen molar-refractivity contribution in [1.82, 2.24) is 20.0 Å². The molecule has 5 rings (SSSR count). The van der Waals surface area contributed by atoms with E-state index in [0.29, 0.717) is 46.5 Å². The molecule has 2 unspecified atom stereocenters. The van der Waals surface area contributed by atoms with E-state index in [4.69, 9.17) is 28.2 Å². The molecule has 11 heteroatoms. The molecule has 0 fully saturated rings. The van der Waals surface area contributed by atoms with Crippen molar-refractivity contribution < 1.29 is 10.2 Å². The van der Waals surface area contributed by atoms with Crippen LogP contribution in [0.15, 0.2) is 57.8 Å². The van der Waals surface area contributed by atoms with E-state index in [1.54, 1.807) is 30.1 Å². The lowest BCUT2D eigenvalue weighted by molar-refractivity contribution is -0.00528. The molecule has 2 atom stereocenters. The number of aryl methyl sites for hydroxylation is 1. The minimum Gasteiger partial charge on any atom is -0.364 e. The number of aliphatic hydroxyl groups excluding tert-OH is 1. The Hall–Kier alpha value is -3.21. The monoisotopic (exact) mass is 596 g/mol. The number of hydrogen-bond acceptors (Lipinski definition) is 6. The Labute approximate surface area is 248 Å². The second-order valence-corrected chi connectivity index (χ2v) is 11.2. The van der Waals surface area contributed by atoms with Gasteiger partial charge in [-0.05, 0) is 73.1 Å². The molecule has 3 aromatic rings. The van der Waals surface area contributed by atoms with Crippen LogP contribution >= 0.6 is 23.2 Å². The standard InChI is InChI=1S/C30H34Cl2N6O3/c1-4-11-34-37(16-33-3)24-9-7-20(31)15-23(24)19-12-21-8-10-25(38(21)26(39)14-19)29-35-27(28(32)36-29)22-13-18(30(40)41)6-5-17(22)2/h6-7,9,12-17,25,30,34,40-41H,4-5,8,10-11H2,1-3H3,(H,35,36). The fourth-order valence-electron chi connectivity index (χ4n) is 5.52. The van der Waals surface area contributed by atoms with Crippen molar-refractivity contribution in [3.8, 4) is 11.1 Å². The highest BCUT2D eigenvalue weighted by Crippen LogP contribution is 2.39. The van der Waals surface area contributed by atoms with Gasteiger partial charge in [-0.15, -0.1) is 0 Å². The van der Waals surface area contributed by atoms with E-state index in [-0.39, 0.29) is 17.5 Å². The topological polar surface area (TPSA) is 119 Å². The summed E-state index contributed by atoms with van der Waals surface area (Å²) >= 11 is 13.0. The lowest BCUT2D eigenvalue weighted by Gasteiger charge is -2.24. The van der Waals surface area contributed by atoms with Crippen molar-refractivity contribution in [1.29, 1.82) is 0 Å². The summed E-state index contributed by atoms with van der Waals surface area (Å²) < 4.78 is 1.77. The van der Waals surface area contributed by atoms with Gasteiger partial charge in [0.15, 0.2) is 6.29 Å². The largest absolute Gasteiger partial charge is 0.364 e. The Balaban J connectivity index is 1.52. The zero-order valence-corrected chi connectivity index (χ0v) is 24.7. The molecule has 0 bridgehead atoms. The maximum Gasteiger partial charge on any atom is 0.252 e. The third kappa shape index (κ3) is 5.91.